The molecule has 0 aliphatic carbocycles. The fourth-order valence-electron chi connectivity index (χ4n) is 2.24. The van der Waals surface area contributed by atoms with Crippen LogP contribution in [0.1, 0.15) is 26.1 Å². The summed E-state index contributed by atoms with van der Waals surface area (Å²) < 4.78 is 9.63. The van der Waals surface area contributed by atoms with Gasteiger partial charge in [-0.2, -0.15) is 4.37 Å². The second kappa shape index (κ2) is 6.29. The number of carboxylic acids is 1. The second-order valence-electron chi connectivity index (χ2n) is 4.59. The maximum atomic E-state index is 11.3. The fourth-order valence-corrected chi connectivity index (χ4v) is 3.07. The Hall–Kier alpha value is -1.21. The van der Waals surface area contributed by atoms with Crippen LogP contribution in [0, 0.1) is 5.92 Å². The van der Waals surface area contributed by atoms with E-state index in [-0.39, 0.29) is 12.6 Å². The average molecular weight is 285 g/mol. The normalized spacial score (nSPS) is 22.6. The maximum Gasteiger partial charge on any atom is 0.311 e. The molecule has 7 heteroatoms. The first-order valence-corrected chi connectivity index (χ1v) is 7.34. The van der Waals surface area contributed by atoms with Crippen molar-refractivity contribution in [2.24, 2.45) is 5.92 Å². The molecular weight excluding hydrogens is 266 g/mol. The summed E-state index contributed by atoms with van der Waals surface area (Å²) in [5.74, 6) is -0.476. The maximum absolute atomic E-state index is 11.3. The summed E-state index contributed by atoms with van der Waals surface area (Å²) in [5, 5.41) is 10.1. The van der Waals surface area contributed by atoms with E-state index in [1.165, 1.54) is 11.5 Å². The molecule has 19 heavy (non-hydrogen) atoms. The highest BCUT2D eigenvalue weighted by atomic mass is 32.1. The molecule has 106 valence electrons. The van der Waals surface area contributed by atoms with Gasteiger partial charge in [0, 0.05) is 24.5 Å². The summed E-state index contributed by atoms with van der Waals surface area (Å²) in [7, 11) is 0. The molecule has 1 aliphatic heterocycles. The van der Waals surface area contributed by atoms with Gasteiger partial charge < -0.3 is 14.7 Å². The van der Waals surface area contributed by atoms with Gasteiger partial charge in [0.25, 0.3) is 0 Å². The zero-order chi connectivity index (χ0) is 13.8. The Morgan fingerprint density at radius 3 is 2.89 bits per heavy atom. The number of hydrogen-bond acceptors (Lipinski definition) is 6. The van der Waals surface area contributed by atoms with E-state index >= 15 is 0 Å². The lowest BCUT2D eigenvalue weighted by atomic mass is 10.0. The smallest absolute Gasteiger partial charge is 0.311 e. The SMILES string of the molecule is CCCN(c1nc(CC)ns1)C1COCC1C(=O)O. The second-order valence-corrected chi connectivity index (χ2v) is 5.32. The summed E-state index contributed by atoms with van der Waals surface area (Å²) in [5.41, 5.74) is 0. The molecule has 2 rings (SSSR count). The molecule has 2 heterocycles. The van der Waals surface area contributed by atoms with Gasteiger partial charge in [0.15, 0.2) is 0 Å². The first-order chi connectivity index (χ1) is 9.17. The number of aliphatic carboxylic acids is 1. The standard InChI is InChI=1S/C12H19N3O3S/c1-3-5-15(12-13-10(4-2)14-19-12)9-7-18-6-8(9)11(16)17/h8-9H,3-7H2,1-2H3,(H,16,17). The molecule has 1 aromatic heterocycles. The summed E-state index contributed by atoms with van der Waals surface area (Å²) in [4.78, 5) is 17.8. The number of rotatable bonds is 6. The quantitative estimate of drug-likeness (QED) is 0.852. The van der Waals surface area contributed by atoms with Gasteiger partial charge in [0.05, 0.1) is 19.3 Å². The topological polar surface area (TPSA) is 75.5 Å². The Bertz CT molecular complexity index is 438. The minimum Gasteiger partial charge on any atom is -0.481 e. The lowest BCUT2D eigenvalue weighted by Crippen LogP contribution is -2.43. The van der Waals surface area contributed by atoms with Crippen LogP contribution in [0.5, 0.6) is 0 Å². The highest BCUT2D eigenvalue weighted by Gasteiger charge is 2.39. The number of ether oxygens (including phenoxy) is 1. The van der Waals surface area contributed by atoms with Gasteiger partial charge in [-0.1, -0.05) is 13.8 Å². The molecule has 1 fully saturated rings. The van der Waals surface area contributed by atoms with E-state index < -0.39 is 11.9 Å². The largest absolute Gasteiger partial charge is 0.481 e. The zero-order valence-corrected chi connectivity index (χ0v) is 12.0. The van der Waals surface area contributed by atoms with Gasteiger partial charge in [-0.15, -0.1) is 0 Å². The van der Waals surface area contributed by atoms with E-state index in [1.54, 1.807) is 0 Å². The Kier molecular flexibility index (Phi) is 4.71. The molecule has 0 radical (unpaired) electrons. The van der Waals surface area contributed by atoms with Crippen molar-refractivity contribution in [1.29, 1.82) is 0 Å². The van der Waals surface area contributed by atoms with Crippen LogP contribution in [-0.4, -0.2) is 46.2 Å². The van der Waals surface area contributed by atoms with Crippen LogP contribution < -0.4 is 4.90 Å². The highest BCUT2D eigenvalue weighted by molar-refractivity contribution is 7.09. The van der Waals surface area contributed by atoms with Crippen molar-refractivity contribution in [2.45, 2.75) is 32.7 Å². The number of aryl methyl sites for hydroxylation is 1. The van der Waals surface area contributed by atoms with E-state index in [0.717, 1.165) is 30.3 Å². The van der Waals surface area contributed by atoms with Crippen LogP contribution in [0.4, 0.5) is 5.13 Å². The van der Waals surface area contributed by atoms with E-state index in [0.29, 0.717) is 6.61 Å². The van der Waals surface area contributed by atoms with Gasteiger partial charge in [0.1, 0.15) is 11.7 Å². The van der Waals surface area contributed by atoms with Crippen molar-refractivity contribution in [3.63, 3.8) is 0 Å². The summed E-state index contributed by atoms with van der Waals surface area (Å²) >= 11 is 1.34. The number of hydrogen-bond donors (Lipinski definition) is 1. The van der Waals surface area contributed by atoms with E-state index in [2.05, 4.69) is 16.3 Å². The third-order valence-corrected chi connectivity index (χ3v) is 4.04. The van der Waals surface area contributed by atoms with Crippen LogP contribution in [0.3, 0.4) is 0 Å². The molecule has 1 saturated heterocycles. The molecule has 2 atom stereocenters. The summed E-state index contributed by atoms with van der Waals surface area (Å²) in [6.45, 7) is 5.57. The van der Waals surface area contributed by atoms with Crippen molar-refractivity contribution in [2.75, 3.05) is 24.7 Å². The van der Waals surface area contributed by atoms with Gasteiger partial charge in [-0.05, 0) is 6.42 Å². The third-order valence-electron chi connectivity index (χ3n) is 3.25. The average Bonchev–Trinajstić information content (AvgIpc) is 3.04. The monoisotopic (exact) mass is 285 g/mol. The van der Waals surface area contributed by atoms with Crippen LogP contribution >= 0.6 is 11.5 Å². The molecule has 0 amide bonds. The van der Waals surface area contributed by atoms with E-state index in [1.807, 2.05) is 11.8 Å². The Morgan fingerprint density at radius 2 is 2.32 bits per heavy atom. The molecule has 1 aromatic rings. The molecule has 0 saturated carbocycles. The van der Waals surface area contributed by atoms with E-state index in [9.17, 15) is 9.90 Å². The highest BCUT2D eigenvalue weighted by Crippen LogP contribution is 2.27. The first kappa shape index (κ1) is 14.2. The van der Waals surface area contributed by atoms with Crippen molar-refractivity contribution in [3.8, 4) is 0 Å². The summed E-state index contributed by atoms with van der Waals surface area (Å²) in [6.07, 6.45) is 1.73. The fraction of sp³-hybridized carbons (Fsp3) is 0.750. The van der Waals surface area contributed by atoms with Gasteiger partial charge in [-0.3, -0.25) is 4.79 Å². The predicted octanol–water partition coefficient (Wildman–Crippen LogP) is 1.42. The lowest BCUT2D eigenvalue weighted by Gasteiger charge is -2.29. The summed E-state index contributed by atoms with van der Waals surface area (Å²) in [6, 6.07) is -0.143. The van der Waals surface area contributed by atoms with Gasteiger partial charge in [-0.25, -0.2) is 4.98 Å². The Balaban J connectivity index is 2.21. The molecule has 0 spiro atoms. The lowest BCUT2D eigenvalue weighted by molar-refractivity contribution is -0.141. The van der Waals surface area contributed by atoms with Crippen LogP contribution in [-0.2, 0) is 16.0 Å². The molecular formula is C12H19N3O3S. The molecule has 6 nitrogen and oxygen atoms in total. The molecule has 1 aliphatic rings. The van der Waals surface area contributed by atoms with Crippen molar-refractivity contribution in [3.05, 3.63) is 5.82 Å². The number of anilines is 1. The van der Waals surface area contributed by atoms with Crippen LogP contribution in [0.2, 0.25) is 0 Å². The molecule has 2 unspecified atom stereocenters. The third kappa shape index (κ3) is 3.03. The predicted molar refractivity (Wildman–Crippen MR) is 72.7 cm³/mol. The van der Waals surface area contributed by atoms with Crippen LogP contribution in [0.15, 0.2) is 0 Å². The number of carboxylic acid groups (broad SMARTS) is 1. The van der Waals surface area contributed by atoms with Crippen molar-refractivity contribution >= 4 is 22.6 Å². The number of nitrogens with zero attached hydrogens (tertiary/aromatic N) is 3. The van der Waals surface area contributed by atoms with Gasteiger partial charge >= 0.3 is 5.97 Å². The van der Waals surface area contributed by atoms with Crippen molar-refractivity contribution in [1.82, 2.24) is 9.36 Å². The van der Waals surface area contributed by atoms with Crippen molar-refractivity contribution < 1.29 is 14.6 Å². The number of carbonyl (C=O) groups is 1. The Morgan fingerprint density at radius 1 is 1.53 bits per heavy atom. The van der Waals surface area contributed by atoms with Crippen LogP contribution in [0.25, 0.3) is 0 Å². The Labute approximate surface area is 116 Å². The molecule has 0 aromatic carbocycles. The molecule has 1 N–H and O–H groups in total. The van der Waals surface area contributed by atoms with Gasteiger partial charge in [0.2, 0.25) is 5.13 Å². The molecule has 0 bridgehead atoms. The number of aromatic nitrogens is 2. The first-order valence-electron chi connectivity index (χ1n) is 6.57. The zero-order valence-electron chi connectivity index (χ0n) is 11.2. The minimum absolute atomic E-state index is 0.143. The minimum atomic E-state index is -0.802. The van der Waals surface area contributed by atoms with E-state index in [4.69, 9.17) is 4.74 Å².